The maximum atomic E-state index is 12.9. The minimum absolute atomic E-state index is 0.0259. The summed E-state index contributed by atoms with van der Waals surface area (Å²) in [7, 11) is 0. The largest absolute Gasteiger partial charge is 0.440 e. The van der Waals surface area contributed by atoms with Crippen molar-refractivity contribution in [2.45, 2.75) is 19.8 Å². The molecule has 0 N–H and O–H groups in total. The van der Waals surface area contributed by atoms with Crippen LogP contribution in [0.25, 0.3) is 11.1 Å². The summed E-state index contributed by atoms with van der Waals surface area (Å²) in [6.45, 7) is 3.18. The molecule has 0 spiro atoms. The number of ketones is 1. The number of rotatable bonds is 2. The SMILES string of the molecule is CC(=O)C(C)c1nc2cc(F)ccc2o1. The molecule has 1 heterocycles. The van der Waals surface area contributed by atoms with Gasteiger partial charge in [0.05, 0.1) is 5.92 Å². The molecular weight excluding hydrogens is 197 g/mol. The van der Waals surface area contributed by atoms with Crippen LogP contribution >= 0.6 is 0 Å². The fourth-order valence-electron chi connectivity index (χ4n) is 1.28. The zero-order valence-corrected chi connectivity index (χ0v) is 8.45. The van der Waals surface area contributed by atoms with Crippen LogP contribution in [0.3, 0.4) is 0 Å². The van der Waals surface area contributed by atoms with Crippen molar-refractivity contribution < 1.29 is 13.6 Å². The van der Waals surface area contributed by atoms with Gasteiger partial charge in [0.2, 0.25) is 5.89 Å². The molecule has 0 fully saturated rings. The summed E-state index contributed by atoms with van der Waals surface area (Å²) >= 11 is 0. The summed E-state index contributed by atoms with van der Waals surface area (Å²) in [5.41, 5.74) is 0.942. The van der Waals surface area contributed by atoms with E-state index in [0.29, 0.717) is 17.0 Å². The molecule has 2 aromatic rings. The first kappa shape index (κ1) is 9.83. The van der Waals surface area contributed by atoms with Gasteiger partial charge in [-0.05, 0) is 26.0 Å². The molecule has 2 rings (SSSR count). The molecule has 3 nitrogen and oxygen atoms in total. The van der Waals surface area contributed by atoms with E-state index in [2.05, 4.69) is 4.98 Å². The number of nitrogens with zero attached hydrogens (tertiary/aromatic N) is 1. The molecule has 0 saturated carbocycles. The van der Waals surface area contributed by atoms with Crippen LogP contribution in [0.1, 0.15) is 25.7 Å². The van der Waals surface area contributed by atoms with Crippen molar-refractivity contribution in [1.82, 2.24) is 4.98 Å². The van der Waals surface area contributed by atoms with E-state index < -0.39 is 0 Å². The van der Waals surface area contributed by atoms with Gasteiger partial charge in [0.15, 0.2) is 5.58 Å². The third-order valence-corrected chi connectivity index (χ3v) is 2.35. The molecule has 15 heavy (non-hydrogen) atoms. The summed E-state index contributed by atoms with van der Waals surface area (Å²) in [6.07, 6.45) is 0. The third kappa shape index (κ3) is 1.75. The molecule has 0 aliphatic heterocycles. The lowest BCUT2D eigenvalue weighted by molar-refractivity contribution is -0.118. The van der Waals surface area contributed by atoms with Crippen molar-refractivity contribution in [1.29, 1.82) is 0 Å². The van der Waals surface area contributed by atoms with Crippen LogP contribution in [0.4, 0.5) is 4.39 Å². The van der Waals surface area contributed by atoms with Gasteiger partial charge < -0.3 is 4.42 Å². The first-order valence-electron chi connectivity index (χ1n) is 4.64. The van der Waals surface area contributed by atoms with E-state index in [4.69, 9.17) is 4.42 Å². The molecule has 0 aliphatic rings. The second-order valence-electron chi connectivity index (χ2n) is 3.50. The van der Waals surface area contributed by atoms with Gasteiger partial charge in [0, 0.05) is 6.07 Å². The van der Waals surface area contributed by atoms with Crippen molar-refractivity contribution in [3.63, 3.8) is 0 Å². The summed E-state index contributed by atoms with van der Waals surface area (Å²) in [5.74, 6) is -0.441. The Labute approximate surface area is 85.9 Å². The van der Waals surface area contributed by atoms with Crippen LogP contribution < -0.4 is 0 Å². The van der Waals surface area contributed by atoms with Crippen molar-refractivity contribution in [3.05, 3.63) is 29.9 Å². The molecule has 0 bridgehead atoms. The summed E-state index contributed by atoms with van der Waals surface area (Å²) < 4.78 is 18.2. The molecule has 0 aliphatic carbocycles. The second kappa shape index (κ2) is 3.46. The second-order valence-corrected chi connectivity index (χ2v) is 3.50. The lowest BCUT2D eigenvalue weighted by atomic mass is 10.1. The average Bonchev–Trinajstić information content (AvgIpc) is 2.58. The van der Waals surface area contributed by atoms with Crippen molar-refractivity contribution in [3.8, 4) is 0 Å². The van der Waals surface area contributed by atoms with Crippen LogP contribution in [0, 0.1) is 5.82 Å². The third-order valence-electron chi connectivity index (χ3n) is 2.35. The van der Waals surface area contributed by atoms with Crippen LogP contribution in [0.5, 0.6) is 0 Å². The first-order chi connectivity index (χ1) is 7.08. The van der Waals surface area contributed by atoms with E-state index in [9.17, 15) is 9.18 Å². The highest BCUT2D eigenvalue weighted by Crippen LogP contribution is 2.22. The van der Waals surface area contributed by atoms with E-state index in [1.54, 1.807) is 6.92 Å². The van der Waals surface area contributed by atoms with E-state index >= 15 is 0 Å². The minimum atomic E-state index is -0.388. The molecule has 1 unspecified atom stereocenters. The standard InChI is InChI=1S/C11H10FNO2/c1-6(7(2)14)11-13-9-5-8(12)3-4-10(9)15-11/h3-6H,1-2H3. The maximum absolute atomic E-state index is 12.9. The average molecular weight is 207 g/mol. The minimum Gasteiger partial charge on any atom is -0.440 e. The van der Waals surface area contributed by atoms with Crippen molar-refractivity contribution in [2.24, 2.45) is 0 Å². The number of fused-ring (bicyclic) bond motifs is 1. The molecule has 1 atom stereocenters. The molecular formula is C11H10FNO2. The number of Topliss-reactive ketones (excluding diaryl/α,β-unsaturated/α-hetero) is 1. The highest BCUT2D eigenvalue weighted by Gasteiger charge is 2.17. The summed E-state index contributed by atoms with van der Waals surface area (Å²) in [4.78, 5) is 15.2. The smallest absolute Gasteiger partial charge is 0.205 e. The molecule has 1 aromatic heterocycles. The molecule has 0 saturated heterocycles. The number of hydrogen-bond donors (Lipinski definition) is 0. The summed E-state index contributed by atoms with van der Waals surface area (Å²) in [5, 5.41) is 0. The molecule has 4 heteroatoms. The van der Waals surface area contributed by atoms with Crippen LogP contribution in [0.15, 0.2) is 22.6 Å². The fourth-order valence-corrected chi connectivity index (χ4v) is 1.28. The number of halogens is 1. The van der Waals surface area contributed by atoms with E-state index in [1.807, 2.05) is 0 Å². The van der Waals surface area contributed by atoms with E-state index in [1.165, 1.54) is 25.1 Å². The Morgan fingerprint density at radius 1 is 1.53 bits per heavy atom. The quantitative estimate of drug-likeness (QED) is 0.760. The topological polar surface area (TPSA) is 43.1 Å². The van der Waals surface area contributed by atoms with Gasteiger partial charge in [-0.15, -0.1) is 0 Å². The summed E-state index contributed by atoms with van der Waals surface area (Å²) in [6, 6.07) is 4.10. The Balaban J connectivity index is 2.51. The Morgan fingerprint density at radius 2 is 2.27 bits per heavy atom. The molecule has 1 aromatic carbocycles. The molecule has 78 valence electrons. The van der Waals surface area contributed by atoms with Crippen molar-refractivity contribution >= 4 is 16.9 Å². The lowest BCUT2D eigenvalue weighted by Gasteiger charge is -1.99. The van der Waals surface area contributed by atoms with Crippen LogP contribution in [-0.2, 0) is 4.79 Å². The van der Waals surface area contributed by atoms with Gasteiger partial charge >= 0.3 is 0 Å². The van der Waals surface area contributed by atoms with E-state index in [0.717, 1.165) is 0 Å². The van der Waals surface area contributed by atoms with Gasteiger partial charge in [0.25, 0.3) is 0 Å². The van der Waals surface area contributed by atoms with Gasteiger partial charge in [0.1, 0.15) is 17.1 Å². The van der Waals surface area contributed by atoms with Gasteiger partial charge in [-0.2, -0.15) is 0 Å². The van der Waals surface area contributed by atoms with Crippen LogP contribution in [0.2, 0.25) is 0 Å². The zero-order chi connectivity index (χ0) is 11.0. The number of carbonyl (C=O) groups excluding carboxylic acids is 1. The fraction of sp³-hybridized carbons (Fsp3) is 0.273. The zero-order valence-electron chi connectivity index (χ0n) is 8.45. The van der Waals surface area contributed by atoms with Crippen molar-refractivity contribution in [2.75, 3.05) is 0 Å². The van der Waals surface area contributed by atoms with E-state index in [-0.39, 0.29) is 17.5 Å². The number of carbonyl (C=O) groups is 1. The number of aromatic nitrogens is 1. The van der Waals surface area contributed by atoms with Gasteiger partial charge in [-0.25, -0.2) is 9.37 Å². The Hall–Kier alpha value is -1.71. The first-order valence-corrected chi connectivity index (χ1v) is 4.64. The number of hydrogen-bond acceptors (Lipinski definition) is 3. The van der Waals surface area contributed by atoms with Gasteiger partial charge in [-0.3, -0.25) is 4.79 Å². The molecule has 0 radical (unpaired) electrons. The normalized spacial score (nSPS) is 13.0. The number of benzene rings is 1. The van der Waals surface area contributed by atoms with Crippen LogP contribution in [-0.4, -0.2) is 10.8 Å². The lowest BCUT2D eigenvalue weighted by Crippen LogP contribution is -2.03. The predicted octanol–water partition coefficient (Wildman–Crippen LogP) is 2.66. The Bertz CT molecular complexity index is 518. The highest BCUT2D eigenvalue weighted by atomic mass is 19.1. The van der Waals surface area contributed by atoms with Gasteiger partial charge in [-0.1, -0.05) is 0 Å². The predicted molar refractivity (Wildman–Crippen MR) is 53.1 cm³/mol. The maximum Gasteiger partial charge on any atom is 0.205 e. The number of oxazole rings is 1. The monoisotopic (exact) mass is 207 g/mol. The molecule has 0 amide bonds. The Morgan fingerprint density at radius 3 is 2.93 bits per heavy atom. The Kier molecular flexibility index (Phi) is 2.26. The highest BCUT2D eigenvalue weighted by molar-refractivity contribution is 5.83.